The maximum absolute atomic E-state index is 13.3. The molecule has 1 aromatic carbocycles. The number of likely N-dealkylation sites (tertiary alicyclic amines) is 2. The van der Waals surface area contributed by atoms with Crippen LogP contribution in [0.15, 0.2) is 30.3 Å². The van der Waals surface area contributed by atoms with Crippen LogP contribution in [0, 0.1) is 6.92 Å². The van der Waals surface area contributed by atoms with Gasteiger partial charge in [0.1, 0.15) is 0 Å². The molecule has 28 heavy (non-hydrogen) atoms. The molecule has 5 heteroatoms. The highest BCUT2D eigenvalue weighted by Crippen LogP contribution is 2.30. The summed E-state index contributed by atoms with van der Waals surface area (Å²) in [7, 11) is 0. The number of piperidine rings is 2. The number of aromatic nitrogens is 1. The second-order valence-corrected chi connectivity index (χ2v) is 9.43. The summed E-state index contributed by atoms with van der Waals surface area (Å²) in [5, 5.41) is 1.03. The molecule has 2 aliphatic heterocycles. The Morgan fingerprint density at radius 1 is 1.07 bits per heavy atom. The highest BCUT2D eigenvalue weighted by atomic mass is 32.1. The lowest BCUT2D eigenvalue weighted by molar-refractivity contribution is -0.134. The maximum Gasteiger partial charge on any atom is 0.228 e. The molecule has 2 fully saturated rings. The van der Waals surface area contributed by atoms with Crippen molar-refractivity contribution in [3.63, 3.8) is 0 Å². The molecule has 150 valence electrons. The summed E-state index contributed by atoms with van der Waals surface area (Å²) < 4.78 is 0. The Labute approximate surface area is 172 Å². The van der Waals surface area contributed by atoms with E-state index in [2.05, 4.69) is 21.9 Å². The van der Waals surface area contributed by atoms with Gasteiger partial charge in [0.2, 0.25) is 5.91 Å². The summed E-state index contributed by atoms with van der Waals surface area (Å²) in [4.78, 5) is 23.9. The Morgan fingerprint density at radius 2 is 1.82 bits per heavy atom. The van der Waals surface area contributed by atoms with E-state index in [0.717, 1.165) is 47.1 Å². The van der Waals surface area contributed by atoms with Crippen molar-refractivity contribution >= 4 is 17.2 Å². The molecule has 4 rings (SSSR count). The van der Waals surface area contributed by atoms with Crippen molar-refractivity contribution in [2.24, 2.45) is 0 Å². The van der Waals surface area contributed by atoms with E-state index in [4.69, 9.17) is 4.98 Å². The van der Waals surface area contributed by atoms with E-state index in [9.17, 15) is 4.79 Å². The lowest BCUT2D eigenvalue weighted by Gasteiger charge is -2.39. The highest BCUT2D eigenvalue weighted by molar-refractivity contribution is 7.12. The van der Waals surface area contributed by atoms with E-state index < -0.39 is 0 Å². The first-order valence-corrected chi connectivity index (χ1v) is 11.6. The Morgan fingerprint density at radius 3 is 2.61 bits per heavy atom. The number of carbonyl (C=O) groups is 1. The van der Waals surface area contributed by atoms with E-state index in [1.54, 1.807) is 11.3 Å². The molecule has 1 aromatic heterocycles. The minimum absolute atomic E-state index is 0.280. The molecular formula is C23H31N3OS. The third-order valence-electron chi connectivity index (χ3n) is 6.03. The van der Waals surface area contributed by atoms with E-state index in [0.29, 0.717) is 12.5 Å². The first-order chi connectivity index (χ1) is 13.7. The summed E-state index contributed by atoms with van der Waals surface area (Å²) in [6.45, 7) is 6.40. The molecular weight excluding hydrogens is 366 g/mol. The number of hydrogen-bond donors (Lipinski definition) is 0. The van der Waals surface area contributed by atoms with Crippen molar-refractivity contribution in [2.45, 2.75) is 57.9 Å². The standard InChI is InChI=1S/C23H31N3OS/c1-18-24-23(19-10-4-2-5-11-19)21(28-18)16-22(27)26-15-9-6-12-20(26)17-25-13-7-3-8-14-25/h2,4-5,10-11,20H,3,6-9,12-17H2,1H3. The number of nitrogens with zero attached hydrogens (tertiary/aromatic N) is 3. The molecule has 4 nitrogen and oxygen atoms in total. The van der Waals surface area contributed by atoms with Crippen molar-refractivity contribution in [1.29, 1.82) is 0 Å². The first kappa shape index (κ1) is 19.6. The largest absolute Gasteiger partial charge is 0.338 e. The number of hydrogen-bond acceptors (Lipinski definition) is 4. The van der Waals surface area contributed by atoms with E-state index in [1.165, 1.54) is 38.8 Å². The normalized spacial score (nSPS) is 21.0. The molecule has 2 aromatic rings. The summed E-state index contributed by atoms with van der Waals surface area (Å²) in [5.41, 5.74) is 2.10. The summed E-state index contributed by atoms with van der Waals surface area (Å²) in [6.07, 6.45) is 7.98. The lowest BCUT2D eigenvalue weighted by Crippen LogP contribution is -2.50. The van der Waals surface area contributed by atoms with E-state index in [-0.39, 0.29) is 5.91 Å². The number of thiazole rings is 1. The highest BCUT2D eigenvalue weighted by Gasteiger charge is 2.29. The zero-order valence-electron chi connectivity index (χ0n) is 16.9. The molecule has 0 spiro atoms. The van der Waals surface area contributed by atoms with E-state index in [1.807, 2.05) is 25.1 Å². The van der Waals surface area contributed by atoms with Gasteiger partial charge >= 0.3 is 0 Å². The van der Waals surface area contributed by atoms with Crippen LogP contribution < -0.4 is 0 Å². The van der Waals surface area contributed by atoms with Crippen LogP contribution in [-0.2, 0) is 11.2 Å². The molecule has 0 bridgehead atoms. The second kappa shape index (κ2) is 9.19. The number of rotatable bonds is 5. The topological polar surface area (TPSA) is 36.4 Å². The third kappa shape index (κ3) is 4.64. The van der Waals surface area contributed by atoms with Gasteiger partial charge < -0.3 is 9.80 Å². The molecule has 2 aliphatic rings. The number of aryl methyl sites for hydroxylation is 1. The average Bonchev–Trinajstić information content (AvgIpc) is 3.10. The Kier molecular flexibility index (Phi) is 6.43. The van der Waals surface area contributed by atoms with Crippen LogP contribution in [0.3, 0.4) is 0 Å². The molecule has 0 N–H and O–H groups in total. The van der Waals surface area contributed by atoms with Crippen LogP contribution in [0.5, 0.6) is 0 Å². The zero-order valence-corrected chi connectivity index (χ0v) is 17.7. The van der Waals surface area contributed by atoms with Gasteiger partial charge in [-0.1, -0.05) is 36.8 Å². The van der Waals surface area contributed by atoms with Crippen LogP contribution >= 0.6 is 11.3 Å². The molecule has 3 heterocycles. The zero-order chi connectivity index (χ0) is 19.3. The van der Waals surface area contributed by atoms with Gasteiger partial charge in [0.05, 0.1) is 17.1 Å². The summed E-state index contributed by atoms with van der Waals surface area (Å²) in [5.74, 6) is 0.280. The molecule has 1 amide bonds. The number of carbonyl (C=O) groups excluding carboxylic acids is 1. The predicted molar refractivity (Wildman–Crippen MR) is 116 cm³/mol. The van der Waals surface area contributed by atoms with Gasteiger partial charge in [-0.25, -0.2) is 4.98 Å². The van der Waals surface area contributed by atoms with Crippen molar-refractivity contribution in [3.05, 3.63) is 40.2 Å². The Balaban J connectivity index is 1.47. The average molecular weight is 398 g/mol. The molecule has 0 aliphatic carbocycles. The smallest absolute Gasteiger partial charge is 0.228 e. The van der Waals surface area contributed by atoms with Crippen molar-refractivity contribution in [3.8, 4) is 11.3 Å². The predicted octanol–water partition coefficient (Wildman–Crippen LogP) is 4.53. The quantitative estimate of drug-likeness (QED) is 0.744. The number of amides is 1. The minimum Gasteiger partial charge on any atom is -0.338 e. The second-order valence-electron chi connectivity index (χ2n) is 8.15. The van der Waals surface area contributed by atoms with Crippen molar-refractivity contribution in [1.82, 2.24) is 14.8 Å². The summed E-state index contributed by atoms with van der Waals surface area (Å²) >= 11 is 1.67. The number of benzene rings is 1. The fourth-order valence-corrected chi connectivity index (χ4v) is 5.56. The van der Waals surface area contributed by atoms with Gasteiger partial charge in [0.25, 0.3) is 0 Å². The van der Waals surface area contributed by atoms with E-state index >= 15 is 0 Å². The van der Waals surface area contributed by atoms with Crippen LogP contribution in [0.2, 0.25) is 0 Å². The van der Waals surface area contributed by atoms with Crippen molar-refractivity contribution < 1.29 is 4.79 Å². The third-order valence-corrected chi connectivity index (χ3v) is 7.00. The van der Waals surface area contributed by atoms with Gasteiger partial charge in [0, 0.05) is 29.6 Å². The van der Waals surface area contributed by atoms with Crippen LogP contribution in [0.4, 0.5) is 0 Å². The monoisotopic (exact) mass is 397 g/mol. The SMILES string of the molecule is Cc1nc(-c2ccccc2)c(CC(=O)N2CCCCC2CN2CCCCC2)s1. The molecule has 2 saturated heterocycles. The molecule has 0 saturated carbocycles. The Bertz CT molecular complexity index is 782. The molecule has 1 unspecified atom stereocenters. The van der Waals surface area contributed by atoms with Gasteiger partial charge in [-0.3, -0.25) is 4.79 Å². The lowest BCUT2D eigenvalue weighted by atomic mass is 9.99. The first-order valence-electron chi connectivity index (χ1n) is 10.7. The fourth-order valence-electron chi connectivity index (χ4n) is 4.61. The van der Waals surface area contributed by atoms with Gasteiger partial charge in [-0.2, -0.15) is 0 Å². The van der Waals surface area contributed by atoms with Crippen molar-refractivity contribution in [2.75, 3.05) is 26.2 Å². The maximum atomic E-state index is 13.3. The van der Waals surface area contributed by atoms with Gasteiger partial charge in [0.15, 0.2) is 0 Å². The van der Waals surface area contributed by atoms with Gasteiger partial charge in [-0.15, -0.1) is 11.3 Å². The summed E-state index contributed by atoms with van der Waals surface area (Å²) in [6, 6.07) is 10.6. The molecule has 0 radical (unpaired) electrons. The molecule has 1 atom stereocenters. The Hall–Kier alpha value is -1.72. The minimum atomic E-state index is 0.280. The fraction of sp³-hybridized carbons (Fsp3) is 0.565. The van der Waals surface area contributed by atoms with Crippen LogP contribution in [0.1, 0.15) is 48.4 Å². The van der Waals surface area contributed by atoms with Gasteiger partial charge in [-0.05, 0) is 52.1 Å². The van der Waals surface area contributed by atoms with Crippen LogP contribution in [-0.4, -0.2) is 52.9 Å². The van der Waals surface area contributed by atoms with Crippen LogP contribution in [0.25, 0.3) is 11.3 Å².